The van der Waals surface area contributed by atoms with Gasteiger partial charge >= 0.3 is 11.9 Å². The lowest BCUT2D eigenvalue weighted by Crippen LogP contribution is -2.33. The first-order valence-electron chi connectivity index (χ1n) is 5.56. The van der Waals surface area contributed by atoms with Crippen LogP contribution in [0.3, 0.4) is 0 Å². The number of esters is 1. The SMILES string of the molecule is CCCC(=O)OC(C)C(CC(=O)CN)C(=O)O. The summed E-state index contributed by atoms with van der Waals surface area (Å²) in [7, 11) is 0. The number of carbonyl (C=O) groups excluding carboxylic acids is 2. The summed E-state index contributed by atoms with van der Waals surface area (Å²) in [5.74, 6) is -3.02. The van der Waals surface area contributed by atoms with E-state index in [0.29, 0.717) is 6.42 Å². The van der Waals surface area contributed by atoms with Gasteiger partial charge in [0, 0.05) is 12.8 Å². The maximum Gasteiger partial charge on any atom is 0.310 e. The van der Waals surface area contributed by atoms with Gasteiger partial charge in [0.2, 0.25) is 0 Å². The Hall–Kier alpha value is -1.43. The predicted molar refractivity (Wildman–Crippen MR) is 60.3 cm³/mol. The molecular weight excluding hydrogens is 226 g/mol. The van der Waals surface area contributed by atoms with Crippen molar-refractivity contribution in [2.75, 3.05) is 6.54 Å². The first-order valence-corrected chi connectivity index (χ1v) is 5.56. The summed E-state index contributed by atoms with van der Waals surface area (Å²) in [6.45, 7) is 3.08. The summed E-state index contributed by atoms with van der Waals surface area (Å²) in [6.07, 6.45) is -0.180. The van der Waals surface area contributed by atoms with E-state index in [0.717, 1.165) is 0 Å². The largest absolute Gasteiger partial charge is 0.481 e. The molecule has 6 nitrogen and oxygen atoms in total. The lowest BCUT2D eigenvalue weighted by Gasteiger charge is -2.19. The molecule has 0 aliphatic carbocycles. The van der Waals surface area contributed by atoms with Gasteiger partial charge in [-0.3, -0.25) is 14.4 Å². The number of hydrogen-bond acceptors (Lipinski definition) is 5. The molecule has 2 unspecified atom stereocenters. The molecule has 0 aromatic rings. The molecule has 98 valence electrons. The molecule has 0 spiro atoms. The van der Waals surface area contributed by atoms with E-state index in [2.05, 4.69) is 0 Å². The molecule has 17 heavy (non-hydrogen) atoms. The van der Waals surface area contributed by atoms with E-state index >= 15 is 0 Å². The first kappa shape index (κ1) is 15.6. The zero-order chi connectivity index (χ0) is 13.4. The van der Waals surface area contributed by atoms with Gasteiger partial charge in [-0.25, -0.2) is 0 Å². The van der Waals surface area contributed by atoms with Crippen molar-refractivity contribution in [2.24, 2.45) is 11.7 Å². The normalized spacial score (nSPS) is 13.8. The van der Waals surface area contributed by atoms with Gasteiger partial charge in [-0.2, -0.15) is 0 Å². The van der Waals surface area contributed by atoms with Gasteiger partial charge in [0.05, 0.1) is 6.54 Å². The monoisotopic (exact) mass is 245 g/mol. The van der Waals surface area contributed by atoms with Gasteiger partial charge in [0.25, 0.3) is 0 Å². The van der Waals surface area contributed by atoms with E-state index in [-0.39, 0.29) is 25.2 Å². The molecule has 3 N–H and O–H groups in total. The fraction of sp³-hybridized carbons (Fsp3) is 0.727. The van der Waals surface area contributed by atoms with Gasteiger partial charge in [0.1, 0.15) is 17.8 Å². The van der Waals surface area contributed by atoms with Crippen LogP contribution in [-0.2, 0) is 19.1 Å². The molecule has 0 fully saturated rings. The minimum atomic E-state index is -1.16. The summed E-state index contributed by atoms with van der Waals surface area (Å²) in [6, 6.07) is 0. The number of carbonyl (C=O) groups is 3. The second-order valence-electron chi connectivity index (χ2n) is 3.84. The molecule has 0 bridgehead atoms. The minimum Gasteiger partial charge on any atom is -0.481 e. The van der Waals surface area contributed by atoms with Crippen LogP contribution in [-0.4, -0.2) is 35.5 Å². The smallest absolute Gasteiger partial charge is 0.310 e. The third kappa shape index (κ3) is 6.01. The first-order chi connectivity index (χ1) is 7.92. The number of rotatable bonds is 8. The van der Waals surface area contributed by atoms with Gasteiger partial charge in [0.15, 0.2) is 0 Å². The lowest BCUT2D eigenvalue weighted by molar-refractivity contribution is -0.159. The van der Waals surface area contributed by atoms with Crippen molar-refractivity contribution in [3.63, 3.8) is 0 Å². The Morgan fingerprint density at radius 1 is 1.35 bits per heavy atom. The van der Waals surface area contributed by atoms with E-state index in [9.17, 15) is 14.4 Å². The molecule has 0 aromatic carbocycles. The van der Waals surface area contributed by atoms with Crippen molar-refractivity contribution in [3.05, 3.63) is 0 Å². The number of ketones is 1. The van der Waals surface area contributed by atoms with Crippen molar-refractivity contribution in [2.45, 2.75) is 39.2 Å². The number of nitrogens with two attached hydrogens (primary N) is 1. The second kappa shape index (κ2) is 7.78. The standard InChI is InChI=1S/C11H19NO5/c1-3-4-10(14)17-7(2)9(11(15)16)5-8(13)6-12/h7,9H,3-6,12H2,1-2H3,(H,15,16). The number of hydrogen-bond donors (Lipinski definition) is 2. The fourth-order valence-corrected chi connectivity index (χ4v) is 1.34. The zero-order valence-electron chi connectivity index (χ0n) is 10.1. The third-order valence-electron chi connectivity index (χ3n) is 2.33. The van der Waals surface area contributed by atoms with Gasteiger partial charge in [-0.05, 0) is 13.3 Å². The van der Waals surface area contributed by atoms with Crippen LogP contribution in [0, 0.1) is 5.92 Å². The molecular formula is C11H19NO5. The number of Topliss-reactive ketones (excluding diaryl/α,β-unsaturated/α-hetero) is 1. The van der Waals surface area contributed by atoms with Crippen molar-refractivity contribution in [1.82, 2.24) is 0 Å². The quantitative estimate of drug-likeness (QED) is 0.597. The molecule has 0 heterocycles. The Kier molecular flexibility index (Phi) is 7.13. The molecule has 0 saturated carbocycles. The summed E-state index contributed by atoms with van der Waals surface area (Å²) in [4.78, 5) is 33.3. The molecule has 0 radical (unpaired) electrons. The molecule has 0 aliphatic rings. The second-order valence-corrected chi connectivity index (χ2v) is 3.84. The molecule has 0 saturated heterocycles. The molecule has 0 aromatic heterocycles. The number of carboxylic acid groups (broad SMARTS) is 1. The lowest BCUT2D eigenvalue weighted by atomic mass is 9.97. The Balaban J connectivity index is 4.44. The highest BCUT2D eigenvalue weighted by molar-refractivity contribution is 5.85. The highest BCUT2D eigenvalue weighted by atomic mass is 16.5. The molecule has 6 heteroatoms. The van der Waals surface area contributed by atoms with E-state index in [1.165, 1.54) is 6.92 Å². The minimum absolute atomic E-state index is 0.209. The van der Waals surface area contributed by atoms with Crippen LogP contribution in [0.2, 0.25) is 0 Å². The summed E-state index contributed by atoms with van der Waals surface area (Å²) in [5, 5.41) is 8.95. The van der Waals surface area contributed by atoms with Crippen LogP contribution in [0.25, 0.3) is 0 Å². The van der Waals surface area contributed by atoms with Crippen LogP contribution in [0.1, 0.15) is 33.1 Å². The Morgan fingerprint density at radius 2 is 1.94 bits per heavy atom. The Morgan fingerprint density at radius 3 is 2.35 bits per heavy atom. The van der Waals surface area contributed by atoms with Crippen molar-refractivity contribution in [1.29, 1.82) is 0 Å². The van der Waals surface area contributed by atoms with Crippen LogP contribution < -0.4 is 5.73 Å². The third-order valence-corrected chi connectivity index (χ3v) is 2.33. The topological polar surface area (TPSA) is 107 Å². The summed E-state index contributed by atoms with van der Waals surface area (Å²) >= 11 is 0. The van der Waals surface area contributed by atoms with E-state index in [1.54, 1.807) is 0 Å². The Labute approximate surface area is 100 Å². The van der Waals surface area contributed by atoms with E-state index < -0.39 is 24.0 Å². The van der Waals surface area contributed by atoms with Crippen LogP contribution in [0.15, 0.2) is 0 Å². The Bertz CT molecular complexity index is 290. The van der Waals surface area contributed by atoms with Crippen LogP contribution in [0.5, 0.6) is 0 Å². The van der Waals surface area contributed by atoms with E-state index in [1.807, 2.05) is 6.92 Å². The fourth-order valence-electron chi connectivity index (χ4n) is 1.34. The van der Waals surface area contributed by atoms with Gasteiger partial charge in [-0.1, -0.05) is 6.92 Å². The molecule has 0 rings (SSSR count). The predicted octanol–water partition coefficient (Wildman–Crippen LogP) is 0.337. The number of carboxylic acids is 1. The van der Waals surface area contributed by atoms with Gasteiger partial charge < -0.3 is 15.6 Å². The van der Waals surface area contributed by atoms with E-state index in [4.69, 9.17) is 15.6 Å². The van der Waals surface area contributed by atoms with Crippen molar-refractivity contribution in [3.8, 4) is 0 Å². The summed E-state index contributed by atoms with van der Waals surface area (Å²) in [5.41, 5.74) is 5.12. The van der Waals surface area contributed by atoms with Crippen molar-refractivity contribution < 1.29 is 24.2 Å². The molecule has 0 aliphatic heterocycles. The summed E-state index contributed by atoms with van der Waals surface area (Å²) < 4.78 is 4.95. The van der Waals surface area contributed by atoms with Gasteiger partial charge in [-0.15, -0.1) is 0 Å². The molecule has 0 amide bonds. The van der Waals surface area contributed by atoms with Crippen LogP contribution in [0.4, 0.5) is 0 Å². The highest BCUT2D eigenvalue weighted by Crippen LogP contribution is 2.14. The van der Waals surface area contributed by atoms with Crippen molar-refractivity contribution >= 4 is 17.7 Å². The van der Waals surface area contributed by atoms with Crippen LogP contribution >= 0.6 is 0 Å². The zero-order valence-corrected chi connectivity index (χ0v) is 10.1. The maximum atomic E-state index is 11.2. The molecule has 2 atom stereocenters. The highest BCUT2D eigenvalue weighted by Gasteiger charge is 2.29. The number of ether oxygens (including phenoxy) is 1. The average molecular weight is 245 g/mol. The average Bonchev–Trinajstić information content (AvgIpc) is 2.24. The number of aliphatic carboxylic acids is 1. The maximum absolute atomic E-state index is 11.2.